The Hall–Kier alpha value is -1.49. The fourth-order valence-corrected chi connectivity index (χ4v) is 2.48. The predicted octanol–water partition coefficient (Wildman–Crippen LogP) is 3.67. The molecule has 5 heteroatoms. The average Bonchev–Trinajstić information content (AvgIpc) is 2.35. The van der Waals surface area contributed by atoms with Crippen molar-refractivity contribution in [3.8, 4) is 0 Å². The van der Waals surface area contributed by atoms with Crippen molar-refractivity contribution in [2.75, 3.05) is 0 Å². The van der Waals surface area contributed by atoms with Gasteiger partial charge in [0.2, 0.25) is 0 Å². The van der Waals surface area contributed by atoms with Gasteiger partial charge in [0.25, 0.3) is 0 Å². The smallest absolute Gasteiger partial charge is 0.126 e. The highest BCUT2D eigenvalue weighted by Crippen LogP contribution is 2.24. The standard InChI is InChI=1S/C15H15ClF2N2/c1-9-4-11(16)2-3-14(9)15(20-19)7-10-5-12(17)8-13(18)6-10/h2-6,8,15,20H,7,19H2,1H3. The molecule has 2 aromatic rings. The van der Waals surface area contributed by atoms with Crippen LogP contribution < -0.4 is 11.3 Å². The first-order valence-electron chi connectivity index (χ1n) is 6.16. The van der Waals surface area contributed by atoms with Gasteiger partial charge in [0.1, 0.15) is 11.6 Å². The van der Waals surface area contributed by atoms with Crippen LogP contribution in [0.5, 0.6) is 0 Å². The van der Waals surface area contributed by atoms with Gasteiger partial charge in [-0.25, -0.2) is 8.78 Å². The summed E-state index contributed by atoms with van der Waals surface area (Å²) >= 11 is 5.92. The highest BCUT2D eigenvalue weighted by Gasteiger charge is 2.14. The van der Waals surface area contributed by atoms with Crippen molar-refractivity contribution in [3.63, 3.8) is 0 Å². The van der Waals surface area contributed by atoms with Crippen LogP contribution in [0.25, 0.3) is 0 Å². The Bertz CT molecular complexity index is 597. The van der Waals surface area contributed by atoms with Gasteiger partial charge in [-0.3, -0.25) is 11.3 Å². The van der Waals surface area contributed by atoms with Crippen LogP contribution in [0, 0.1) is 18.6 Å². The number of hydrogen-bond acceptors (Lipinski definition) is 2. The zero-order chi connectivity index (χ0) is 14.7. The molecule has 0 aliphatic carbocycles. The summed E-state index contributed by atoms with van der Waals surface area (Å²) in [6, 6.07) is 8.67. The molecular weight excluding hydrogens is 282 g/mol. The van der Waals surface area contributed by atoms with Gasteiger partial charge in [-0.2, -0.15) is 0 Å². The van der Waals surface area contributed by atoms with Crippen molar-refractivity contribution in [1.29, 1.82) is 0 Å². The van der Waals surface area contributed by atoms with E-state index >= 15 is 0 Å². The molecule has 0 spiro atoms. The molecule has 0 bridgehead atoms. The third-order valence-electron chi connectivity index (χ3n) is 3.17. The molecule has 0 aromatic heterocycles. The maximum atomic E-state index is 13.2. The van der Waals surface area contributed by atoms with E-state index in [-0.39, 0.29) is 6.04 Å². The van der Waals surface area contributed by atoms with E-state index in [1.54, 1.807) is 6.07 Å². The molecule has 1 atom stereocenters. The van der Waals surface area contributed by atoms with Gasteiger partial charge in [0.15, 0.2) is 0 Å². The lowest BCUT2D eigenvalue weighted by molar-refractivity contribution is 0.538. The van der Waals surface area contributed by atoms with Gasteiger partial charge < -0.3 is 0 Å². The minimum Gasteiger partial charge on any atom is -0.271 e. The van der Waals surface area contributed by atoms with E-state index in [0.717, 1.165) is 17.2 Å². The molecule has 106 valence electrons. The van der Waals surface area contributed by atoms with Crippen LogP contribution in [0.15, 0.2) is 36.4 Å². The second kappa shape index (κ2) is 6.31. The Balaban J connectivity index is 2.28. The van der Waals surface area contributed by atoms with E-state index in [4.69, 9.17) is 17.4 Å². The van der Waals surface area contributed by atoms with Crippen molar-refractivity contribution in [3.05, 3.63) is 69.7 Å². The molecule has 0 aliphatic heterocycles. The summed E-state index contributed by atoms with van der Waals surface area (Å²) in [4.78, 5) is 0. The molecule has 2 aromatic carbocycles. The first kappa shape index (κ1) is 14.9. The van der Waals surface area contributed by atoms with Crippen LogP contribution in [-0.2, 0) is 6.42 Å². The van der Waals surface area contributed by atoms with Gasteiger partial charge in [-0.1, -0.05) is 17.7 Å². The molecule has 0 radical (unpaired) electrons. The van der Waals surface area contributed by atoms with Crippen LogP contribution in [0.4, 0.5) is 8.78 Å². The first-order chi connectivity index (χ1) is 9.49. The van der Waals surface area contributed by atoms with Gasteiger partial charge in [-0.05, 0) is 54.3 Å². The highest BCUT2D eigenvalue weighted by molar-refractivity contribution is 6.30. The fourth-order valence-electron chi connectivity index (χ4n) is 2.25. The average molecular weight is 297 g/mol. The summed E-state index contributed by atoms with van der Waals surface area (Å²) in [6.45, 7) is 1.91. The van der Waals surface area contributed by atoms with Crippen LogP contribution in [0.2, 0.25) is 5.02 Å². The van der Waals surface area contributed by atoms with Gasteiger partial charge in [0, 0.05) is 11.1 Å². The largest absolute Gasteiger partial charge is 0.271 e. The Labute approximate surface area is 121 Å². The first-order valence-corrected chi connectivity index (χ1v) is 6.54. The molecule has 20 heavy (non-hydrogen) atoms. The molecule has 0 fully saturated rings. The summed E-state index contributed by atoms with van der Waals surface area (Å²) in [5, 5.41) is 0.638. The van der Waals surface area contributed by atoms with E-state index in [1.807, 2.05) is 19.1 Å². The third-order valence-corrected chi connectivity index (χ3v) is 3.41. The number of nitrogens with two attached hydrogens (primary N) is 1. The number of aryl methyl sites for hydroxylation is 1. The second-order valence-corrected chi connectivity index (χ2v) is 5.14. The molecule has 0 amide bonds. The van der Waals surface area contributed by atoms with Gasteiger partial charge in [-0.15, -0.1) is 0 Å². The quantitative estimate of drug-likeness (QED) is 0.667. The molecule has 2 nitrogen and oxygen atoms in total. The van der Waals surface area contributed by atoms with Crippen molar-refractivity contribution < 1.29 is 8.78 Å². The molecule has 3 N–H and O–H groups in total. The number of benzene rings is 2. The number of rotatable bonds is 4. The number of halogens is 3. The molecule has 0 aliphatic rings. The van der Waals surface area contributed by atoms with E-state index in [9.17, 15) is 8.78 Å². The minimum absolute atomic E-state index is 0.242. The Kier molecular flexibility index (Phi) is 4.70. The molecular formula is C15H15ClF2N2. The van der Waals surface area contributed by atoms with E-state index < -0.39 is 11.6 Å². The lowest BCUT2D eigenvalue weighted by Gasteiger charge is -2.19. The molecule has 2 rings (SSSR count). The monoisotopic (exact) mass is 296 g/mol. The summed E-state index contributed by atoms with van der Waals surface area (Å²) in [5.41, 5.74) is 5.14. The highest BCUT2D eigenvalue weighted by atomic mass is 35.5. The zero-order valence-corrected chi connectivity index (χ0v) is 11.7. The van der Waals surface area contributed by atoms with Crippen LogP contribution in [0.1, 0.15) is 22.7 Å². The van der Waals surface area contributed by atoms with Gasteiger partial charge >= 0.3 is 0 Å². The van der Waals surface area contributed by atoms with E-state index in [0.29, 0.717) is 17.0 Å². The van der Waals surface area contributed by atoms with Crippen molar-refractivity contribution in [2.45, 2.75) is 19.4 Å². The lowest BCUT2D eigenvalue weighted by atomic mass is 9.96. The summed E-state index contributed by atoms with van der Waals surface area (Å²) < 4.78 is 26.4. The predicted molar refractivity (Wildman–Crippen MR) is 76.3 cm³/mol. The topological polar surface area (TPSA) is 38.0 Å². The SMILES string of the molecule is Cc1cc(Cl)ccc1C(Cc1cc(F)cc(F)c1)NN. The van der Waals surface area contributed by atoms with Crippen LogP contribution in [0.3, 0.4) is 0 Å². The molecule has 0 heterocycles. The van der Waals surface area contributed by atoms with E-state index in [2.05, 4.69) is 5.43 Å². The number of nitrogens with one attached hydrogen (secondary N) is 1. The van der Waals surface area contributed by atoms with Crippen molar-refractivity contribution >= 4 is 11.6 Å². The third kappa shape index (κ3) is 3.54. The van der Waals surface area contributed by atoms with Crippen molar-refractivity contribution in [2.24, 2.45) is 5.84 Å². The summed E-state index contributed by atoms with van der Waals surface area (Å²) in [5.74, 6) is 4.38. The van der Waals surface area contributed by atoms with Crippen LogP contribution >= 0.6 is 11.6 Å². The summed E-state index contributed by atoms with van der Waals surface area (Å²) in [7, 11) is 0. The Morgan fingerprint density at radius 1 is 1.15 bits per heavy atom. The normalized spacial score (nSPS) is 12.4. The fraction of sp³-hybridized carbons (Fsp3) is 0.200. The Morgan fingerprint density at radius 2 is 1.80 bits per heavy atom. The van der Waals surface area contributed by atoms with Crippen molar-refractivity contribution in [1.82, 2.24) is 5.43 Å². The maximum Gasteiger partial charge on any atom is 0.126 e. The number of hydrogen-bond donors (Lipinski definition) is 2. The van der Waals surface area contributed by atoms with Gasteiger partial charge in [0.05, 0.1) is 6.04 Å². The molecule has 0 saturated carbocycles. The molecule has 0 saturated heterocycles. The number of hydrazine groups is 1. The molecule has 1 unspecified atom stereocenters. The van der Waals surface area contributed by atoms with Crippen LogP contribution in [-0.4, -0.2) is 0 Å². The maximum absolute atomic E-state index is 13.2. The zero-order valence-electron chi connectivity index (χ0n) is 11.0. The minimum atomic E-state index is -0.594. The second-order valence-electron chi connectivity index (χ2n) is 4.70. The summed E-state index contributed by atoms with van der Waals surface area (Å²) in [6.07, 6.45) is 0.383. The van der Waals surface area contributed by atoms with E-state index in [1.165, 1.54) is 12.1 Å². The lowest BCUT2D eigenvalue weighted by Crippen LogP contribution is -2.30. The Morgan fingerprint density at radius 3 is 2.35 bits per heavy atom.